The van der Waals surface area contributed by atoms with Gasteiger partial charge in [-0.15, -0.1) is 5.75 Å². The Labute approximate surface area is 396 Å². The molecule has 0 aliphatic heterocycles. The first-order valence-electron chi connectivity index (χ1n) is 21.9. The van der Waals surface area contributed by atoms with Crippen LogP contribution in [0.15, 0.2) is 94.7 Å². The average Bonchev–Trinajstić information content (AvgIpc) is 3.20. The quantitative estimate of drug-likeness (QED) is 0.0317. The van der Waals surface area contributed by atoms with Crippen LogP contribution in [0.3, 0.4) is 0 Å². The summed E-state index contributed by atoms with van der Waals surface area (Å²) in [6, 6.07) is 21.3. The molecule has 0 heterocycles. The minimum atomic E-state index is -4.72. The van der Waals surface area contributed by atoms with Gasteiger partial charge in [-0.25, -0.2) is 8.42 Å². The number of aromatic hydroxyl groups is 1. The minimum Gasteiger partial charge on any atom is -0.872 e. The van der Waals surface area contributed by atoms with E-state index in [9.17, 15) is 36.2 Å². The van der Waals surface area contributed by atoms with Gasteiger partial charge in [-0.1, -0.05) is 160 Å². The second kappa shape index (κ2) is 30.3. The molecule has 4 aromatic rings. The zero-order chi connectivity index (χ0) is 43.6. The number of unbranched alkanes of at least 4 members (excludes halogenated alkanes) is 18. The Kier molecular flexibility index (Phi) is 27.0. The average molecular weight is 907 g/mol. The second-order valence-corrected chi connectivity index (χ2v) is 18.3. The van der Waals surface area contributed by atoms with Crippen LogP contribution < -0.4 is 14.6 Å². The van der Waals surface area contributed by atoms with Crippen LogP contribution in [-0.2, 0) is 33.1 Å². The van der Waals surface area contributed by atoms with E-state index in [0.29, 0.717) is 11.5 Å². The molecule has 10 nitrogen and oxygen atoms in total. The summed E-state index contributed by atoms with van der Waals surface area (Å²) < 4.78 is 77.4. The van der Waals surface area contributed by atoms with Crippen LogP contribution in [0, 0.1) is 0 Å². The Balaban J connectivity index is 0.000000413. The molecule has 61 heavy (non-hydrogen) atoms. The smallest absolute Gasteiger partial charge is 0.872 e. The van der Waals surface area contributed by atoms with Gasteiger partial charge in [0.15, 0.2) is 5.75 Å². The zero-order valence-electron chi connectivity index (χ0n) is 36.3. The Bertz CT molecular complexity index is 1870. The largest absolute Gasteiger partial charge is 2.00 e. The molecule has 2 N–H and O–H groups in total. The molecule has 0 aliphatic rings. The molecule has 13 heteroatoms. The fraction of sp³-hybridized carbons (Fsp3) is 0.500. The van der Waals surface area contributed by atoms with Crippen molar-refractivity contribution in [2.24, 2.45) is 0 Å². The maximum atomic E-state index is 11.5. The molecular formula is C48H66CaO10S2. The van der Waals surface area contributed by atoms with Gasteiger partial charge in [-0.2, -0.15) is 8.42 Å². The van der Waals surface area contributed by atoms with E-state index in [1.165, 1.54) is 139 Å². The fourth-order valence-electron chi connectivity index (χ4n) is 6.90. The Morgan fingerprint density at radius 2 is 0.852 bits per heavy atom. The molecule has 0 amide bonds. The molecule has 0 aromatic heterocycles. The van der Waals surface area contributed by atoms with E-state index in [1.54, 1.807) is 24.3 Å². The van der Waals surface area contributed by atoms with Crippen LogP contribution >= 0.6 is 0 Å². The predicted molar refractivity (Wildman–Crippen MR) is 242 cm³/mol. The summed E-state index contributed by atoms with van der Waals surface area (Å²) in [5, 5.41) is 21.1. The summed E-state index contributed by atoms with van der Waals surface area (Å²) in [6.45, 7) is 4.49. The fourth-order valence-corrected chi connectivity index (χ4v) is 8.08. The van der Waals surface area contributed by atoms with Gasteiger partial charge in [0.2, 0.25) is 0 Å². The van der Waals surface area contributed by atoms with Crippen molar-refractivity contribution in [3.05, 3.63) is 96.1 Å². The van der Waals surface area contributed by atoms with Crippen LogP contribution in [-0.4, -0.2) is 68.8 Å². The van der Waals surface area contributed by atoms with Gasteiger partial charge in [0.1, 0.15) is 38.0 Å². The van der Waals surface area contributed by atoms with Crippen LogP contribution in [0.2, 0.25) is 0 Å². The maximum Gasteiger partial charge on any atom is 2.00 e. The Morgan fingerprint density at radius 1 is 0.492 bits per heavy atom. The van der Waals surface area contributed by atoms with Crippen molar-refractivity contribution in [1.82, 2.24) is 0 Å². The van der Waals surface area contributed by atoms with Gasteiger partial charge in [0.05, 0.1) is 4.90 Å². The van der Waals surface area contributed by atoms with Crippen LogP contribution in [0.1, 0.15) is 153 Å². The number of benzene rings is 4. The van der Waals surface area contributed by atoms with E-state index in [1.807, 2.05) is 24.3 Å². The van der Waals surface area contributed by atoms with E-state index >= 15 is 0 Å². The molecule has 0 fully saturated rings. The topological polar surface area (TPSA) is 173 Å². The van der Waals surface area contributed by atoms with Crippen molar-refractivity contribution < 1.29 is 45.6 Å². The van der Waals surface area contributed by atoms with E-state index in [2.05, 4.69) is 13.8 Å². The summed E-state index contributed by atoms with van der Waals surface area (Å²) >= 11 is 0. The van der Waals surface area contributed by atoms with Crippen molar-refractivity contribution in [3.63, 3.8) is 0 Å². The molecule has 0 unspecified atom stereocenters. The van der Waals surface area contributed by atoms with Gasteiger partial charge in [0.25, 0.3) is 10.1 Å². The Morgan fingerprint density at radius 3 is 1.23 bits per heavy atom. The molecule has 0 atom stereocenters. The first kappa shape index (κ1) is 54.3. The summed E-state index contributed by atoms with van der Waals surface area (Å²) in [5.74, 6) is -0.0838. The van der Waals surface area contributed by atoms with E-state index < -0.39 is 30.9 Å². The van der Waals surface area contributed by atoms with Gasteiger partial charge in [-0.05, 0) is 85.3 Å². The molecule has 0 bridgehead atoms. The molecule has 0 saturated heterocycles. The van der Waals surface area contributed by atoms with Crippen molar-refractivity contribution in [3.8, 4) is 34.5 Å². The maximum absolute atomic E-state index is 11.5. The third kappa shape index (κ3) is 22.9. The molecule has 0 radical (unpaired) electrons. The summed E-state index contributed by atoms with van der Waals surface area (Å²) in [4.78, 5) is -0.911. The van der Waals surface area contributed by atoms with Crippen molar-refractivity contribution in [2.75, 3.05) is 0 Å². The van der Waals surface area contributed by atoms with Gasteiger partial charge in [-0.3, -0.25) is 4.55 Å². The van der Waals surface area contributed by atoms with Gasteiger partial charge >= 0.3 is 37.7 Å². The minimum absolute atomic E-state index is 0. The number of hydrogen-bond acceptors (Lipinski definition) is 9. The number of ether oxygens (including phenoxy) is 2. The first-order chi connectivity index (χ1) is 28.8. The predicted octanol–water partition coefficient (Wildman–Crippen LogP) is 12.4. The van der Waals surface area contributed by atoms with Crippen LogP contribution in [0.4, 0.5) is 0 Å². The molecule has 0 saturated carbocycles. The molecule has 332 valence electrons. The summed E-state index contributed by atoms with van der Waals surface area (Å²) in [6.07, 6.45) is 28.1. The van der Waals surface area contributed by atoms with E-state index in [4.69, 9.17) is 9.47 Å². The summed E-state index contributed by atoms with van der Waals surface area (Å²) in [7, 11) is -9.16. The monoisotopic (exact) mass is 906 g/mol. The zero-order valence-corrected chi connectivity index (χ0v) is 40.2. The molecule has 0 spiro atoms. The number of phenols is 1. The van der Waals surface area contributed by atoms with Crippen molar-refractivity contribution >= 4 is 58.0 Å². The number of rotatable bonds is 28. The van der Waals surface area contributed by atoms with E-state index in [-0.39, 0.29) is 59.9 Å². The van der Waals surface area contributed by atoms with Crippen molar-refractivity contribution in [2.45, 2.75) is 165 Å². The van der Waals surface area contributed by atoms with Gasteiger partial charge < -0.3 is 24.2 Å². The van der Waals surface area contributed by atoms with Crippen molar-refractivity contribution in [1.29, 1.82) is 0 Å². The third-order valence-corrected chi connectivity index (χ3v) is 12.1. The third-order valence-electron chi connectivity index (χ3n) is 10.3. The molecule has 4 rings (SSSR count). The number of phenolic OH excluding ortho intramolecular Hbond substituents is 1. The standard InChI is InChI=1S/2C24H34O5S.Ca/c2*1-2-3-4-5-6-7-8-9-10-11-12-20-13-16-22(17-14-20)29-23-19-21(25)15-18-24(23)30(26,27)28;/h2*13-19,25H,2-12H2,1H3,(H,26,27,28);/q;;+2/p-2. The van der Waals surface area contributed by atoms with Crippen LogP contribution in [0.5, 0.6) is 34.5 Å². The SMILES string of the molecule is CCCCCCCCCCCCc1ccc(Oc2cc(O)ccc2S(=O)(=O)O)cc1.CCCCCCCCCCCCc1ccc(Oc2cc([O-])ccc2S(=O)(=O)[O-])cc1.[Ca+2]. The Hall–Kier alpha value is -2.84. The van der Waals surface area contributed by atoms with Gasteiger partial charge in [0, 0.05) is 6.07 Å². The van der Waals surface area contributed by atoms with E-state index in [0.717, 1.165) is 49.9 Å². The number of hydrogen-bond donors (Lipinski definition) is 2. The summed E-state index contributed by atoms with van der Waals surface area (Å²) in [5.41, 5.74) is 2.38. The molecular weight excluding hydrogens is 841 g/mol. The molecule has 0 aliphatic carbocycles. The second-order valence-electron chi connectivity index (χ2n) is 15.5. The number of aryl methyl sites for hydroxylation is 2. The van der Waals surface area contributed by atoms with Crippen LogP contribution in [0.25, 0.3) is 0 Å². The molecule has 4 aromatic carbocycles. The normalized spacial score (nSPS) is 11.3. The first-order valence-corrected chi connectivity index (χ1v) is 24.8.